The zero-order valence-electron chi connectivity index (χ0n) is 14.1. The molecule has 0 aliphatic heterocycles. The number of pyridine rings is 1. The molecule has 0 spiro atoms. The van der Waals surface area contributed by atoms with E-state index >= 15 is 0 Å². The first kappa shape index (κ1) is 16.5. The van der Waals surface area contributed by atoms with Gasteiger partial charge in [0.15, 0.2) is 5.82 Å². The maximum atomic E-state index is 12.6. The van der Waals surface area contributed by atoms with Crippen molar-refractivity contribution in [3.05, 3.63) is 45.8 Å². The fraction of sp³-hybridized carbons (Fsp3) is 0.294. The van der Waals surface area contributed by atoms with Gasteiger partial charge in [0.25, 0.3) is 0 Å². The molecule has 0 atom stereocenters. The van der Waals surface area contributed by atoms with Gasteiger partial charge in [-0.05, 0) is 0 Å². The average Bonchev–Trinajstić information content (AvgIpc) is 3.10. The van der Waals surface area contributed by atoms with Crippen molar-refractivity contribution in [3.63, 3.8) is 0 Å². The Balaban J connectivity index is 2.27. The van der Waals surface area contributed by atoms with Gasteiger partial charge < -0.3 is 18.6 Å². The molecule has 0 unspecified atom stereocenters. The van der Waals surface area contributed by atoms with E-state index in [0.29, 0.717) is 40.5 Å². The van der Waals surface area contributed by atoms with E-state index in [9.17, 15) is 10.1 Å². The van der Waals surface area contributed by atoms with Gasteiger partial charge in [-0.25, -0.2) is 0 Å². The van der Waals surface area contributed by atoms with Crippen LogP contribution in [0.3, 0.4) is 0 Å². The van der Waals surface area contributed by atoms with Gasteiger partial charge in [-0.15, -0.1) is 0 Å². The monoisotopic (exact) mass is 340 g/mol. The van der Waals surface area contributed by atoms with Crippen LogP contribution in [-0.2, 0) is 13.0 Å². The Morgan fingerprint density at radius 3 is 2.72 bits per heavy atom. The fourth-order valence-corrected chi connectivity index (χ4v) is 2.59. The lowest BCUT2D eigenvalue weighted by molar-refractivity contribution is 0.375. The first-order valence-corrected chi connectivity index (χ1v) is 7.62. The first-order valence-electron chi connectivity index (χ1n) is 7.62. The minimum absolute atomic E-state index is 0.00942. The third kappa shape index (κ3) is 2.92. The molecule has 0 bridgehead atoms. The Hall–Kier alpha value is -3.34. The molecular weight excluding hydrogens is 324 g/mol. The van der Waals surface area contributed by atoms with Crippen molar-refractivity contribution in [1.29, 1.82) is 5.26 Å². The number of methoxy groups -OCH3 is 2. The molecule has 0 aliphatic carbocycles. The fourth-order valence-electron chi connectivity index (χ4n) is 2.59. The van der Waals surface area contributed by atoms with Gasteiger partial charge in [0, 0.05) is 24.8 Å². The molecule has 8 nitrogen and oxygen atoms in total. The standard InChI is InChI=1S/C17H16N4O4/c1-4-15-19-14(20-25-15)9-21-8-10(7-18)17(22)16-12(21)5-11(23-2)6-13(16)24-3/h5-6,8H,4,9H2,1-3H3. The van der Waals surface area contributed by atoms with Crippen LogP contribution in [0.2, 0.25) is 0 Å². The predicted octanol–water partition coefficient (Wildman–Crippen LogP) is 1.88. The van der Waals surface area contributed by atoms with Crippen molar-refractivity contribution in [3.8, 4) is 17.6 Å². The van der Waals surface area contributed by atoms with Gasteiger partial charge in [-0.3, -0.25) is 4.79 Å². The highest BCUT2D eigenvalue weighted by Crippen LogP contribution is 2.29. The molecule has 3 rings (SSSR count). The molecule has 8 heteroatoms. The summed E-state index contributed by atoms with van der Waals surface area (Å²) in [6.07, 6.45) is 2.11. The van der Waals surface area contributed by atoms with Crippen LogP contribution >= 0.6 is 0 Å². The number of rotatable bonds is 5. The van der Waals surface area contributed by atoms with E-state index in [1.54, 1.807) is 16.7 Å². The minimum atomic E-state index is -0.393. The maximum Gasteiger partial charge on any atom is 0.226 e. The van der Waals surface area contributed by atoms with Crippen LogP contribution in [0.15, 0.2) is 27.6 Å². The third-order valence-corrected chi connectivity index (χ3v) is 3.82. The smallest absolute Gasteiger partial charge is 0.226 e. The Bertz CT molecular complexity index is 1030. The SMILES string of the molecule is CCc1nc(Cn2cc(C#N)c(=O)c3c(OC)cc(OC)cc32)no1. The molecule has 0 fully saturated rings. The van der Waals surface area contributed by atoms with Crippen molar-refractivity contribution in [2.24, 2.45) is 0 Å². The Morgan fingerprint density at radius 2 is 2.12 bits per heavy atom. The summed E-state index contributed by atoms with van der Waals surface area (Å²) in [6, 6.07) is 5.24. The van der Waals surface area contributed by atoms with Gasteiger partial charge in [0.05, 0.1) is 31.7 Å². The van der Waals surface area contributed by atoms with Crippen molar-refractivity contribution < 1.29 is 14.0 Å². The number of fused-ring (bicyclic) bond motifs is 1. The molecule has 0 saturated heterocycles. The van der Waals surface area contributed by atoms with Crippen molar-refractivity contribution in [2.45, 2.75) is 19.9 Å². The highest BCUT2D eigenvalue weighted by atomic mass is 16.5. The van der Waals surface area contributed by atoms with Gasteiger partial charge in [0.2, 0.25) is 11.3 Å². The second kappa shape index (κ2) is 6.65. The Kier molecular flexibility index (Phi) is 4.39. The Labute approximate surface area is 143 Å². The van der Waals surface area contributed by atoms with E-state index in [-0.39, 0.29) is 12.1 Å². The highest BCUT2D eigenvalue weighted by Gasteiger charge is 2.17. The summed E-state index contributed by atoms with van der Waals surface area (Å²) in [7, 11) is 2.99. The topological polar surface area (TPSA) is 103 Å². The van der Waals surface area contributed by atoms with Gasteiger partial charge >= 0.3 is 0 Å². The number of aryl methyl sites for hydroxylation is 1. The molecule has 0 N–H and O–H groups in total. The normalized spacial score (nSPS) is 10.6. The summed E-state index contributed by atoms with van der Waals surface area (Å²) in [5, 5.41) is 13.5. The molecule has 2 aromatic heterocycles. The van der Waals surface area contributed by atoms with E-state index in [1.165, 1.54) is 20.4 Å². The third-order valence-electron chi connectivity index (χ3n) is 3.82. The van der Waals surface area contributed by atoms with E-state index in [4.69, 9.17) is 14.0 Å². The van der Waals surface area contributed by atoms with Crippen molar-refractivity contribution in [1.82, 2.24) is 14.7 Å². The minimum Gasteiger partial charge on any atom is -0.497 e. The summed E-state index contributed by atoms with van der Waals surface area (Å²) < 4.78 is 17.4. The average molecular weight is 340 g/mol. The molecule has 0 radical (unpaired) electrons. The van der Waals surface area contributed by atoms with Crippen LogP contribution in [0.1, 0.15) is 24.2 Å². The lowest BCUT2D eigenvalue weighted by Crippen LogP contribution is -2.15. The summed E-state index contributed by atoms with van der Waals surface area (Å²) in [4.78, 5) is 16.9. The summed E-state index contributed by atoms with van der Waals surface area (Å²) >= 11 is 0. The van der Waals surface area contributed by atoms with Crippen LogP contribution < -0.4 is 14.9 Å². The number of hydrogen-bond acceptors (Lipinski definition) is 7. The van der Waals surface area contributed by atoms with Crippen LogP contribution in [0.4, 0.5) is 0 Å². The van der Waals surface area contributed by atoms with Crippen LogP contribution in [-0.4, -0.2) is 28.9 Å². The number of benzene rings is 1. The van der Waals surface area contributed by atoms with Crippen LogP contribution in [0.5, 0.6) is 11.5 Å². The zero-order chi connectivity index (χ0) is 18.0. The molecule has 128 valence electrons. The van der Waals surface area contributed by atoms with Crippen LogP contribution in [0, 0.1) is 11.3 Å². The van der Waals surface area contributed by atoms with Crippen LogP contribution in [0.25, 0.3) is 10.9 Å². The molecule has 3 aromatic rings. The second-order valence-corrected chi connectivity index (χ2v) is 5.29. The first-order chi connectivity index (χ1) is 12.1. The quantitative estimate of drug-likeness (QED) is 0.698. The van der Waals surface area contributed by atoms with E-state index in [0.717, 1.165) is 0 Å². The van der Waals surface area contributed by atoms with Crippen molar-refractivity contribution >= 4 is 10.9 Å². The number of nitrogens with zero attached hydrogens (tertiary/aromatic N) is 4. The molecule has 0 saturated carbocycles. The van der Waals surface area contributed by atoms with Gasteiger partial charge in [0.1, 0.15) is 23.1 Å². The molecule has 1 aromatic carbocycles. The molecular formula is C17H16N4O4. The van der Waals surface area contributed by atoms with Gasteiger partial charge in [-0.1, -0.05) is 12.1 Å². The lowest BCUT2D eigenvalue weighted by atomic mass is 10.1. The molecule has 0 amide bonds. The second-order valence-electron chi connectivity index (χ2n) is 5.29. The van der Waals surface area contributed by atoms with Gasteiger partial charge in [-0.2, -0.15) is 10.2 Å². The predicted molar refractivity (Wildman–Crippen MR) is 88.8 cm³/mol. The summed E-state index contributed by atoms with van der Waals surface area (Å²) in [6.45, 7) is 2.15. The Morgan fingerprint density at radius 1 is 1.32 bits per heavy atom. The number of ether oxygens (including phenoxy) is 2. The van der Waals surface area contributed by atoms with Crippen molar-refractivity contribution in [2.75, 3.05) is 14.2 Å². The molecule has 25 heavy (non-hydrogen) atoms. The van der Waals surface area contributed by atoms with E-state index in [1.807, 2.05) is 13.0 Å². The number of nitriles is 1. The number of hydrogen-bond donors (Lipinski definition) is 0. The maximum absolute atomic E-state index is 12.6. The van der Waals surface area contributed by atoms with E-state index < -0.39 is 5.43 Å². The zero-order valence-corrected chi connectivity index (χ0v) is 14.1. The largest absolute Gasteiger partial charge is 0.497 e. The summed E-state index contributed by atoms with van der Waals surface area (Å²) in [5.74, 6) is 1.85. The van der Waals surface area contributed by atoms with E-state index in [2.05, 4.69) is 10.1 Å². The number of aromatic nitrogens is 3. The highest BCUT2D eigenvalue weighted by molar-refractivity contribution is 5.88. The molecule has 2 heterocycles. The molecule has 0 aliphatic rings. The summed E-state index contributed by atoms with van der Waals surface area (Å²) in [5.41, 5.74) is 0.175. The lowest BCUT2D eigenvalue weighted by Gasteiger charge is -2.13.